The maximum Gasteiger partial charge on any atom is 0.0905 e. The molecule has 0 radical (unpaired) electrons. The molecule has 0 aliphatic carbocycles. The normalized spacial score (nSPS) is 13.3. The fourth-order valence-electron chi connectivity index (χ4n) is 1.02. The molecule has 0 bridgehead atoms. The van der Waals surface area contributed by atoms with E-state index in [9.17, 15) is 5.11 Å². The summed E-state index contributed by atoms with van der Waals surface area (Å²) in [7, 11) is 0. The van der Waals surface area contributed by atoms with Crippen molar-refractivity contribution in [3.05, 3.63) is 20.3 Å². The molecule has 0 spiro atoms. The van der Waals surface area contributed by atoms with Crippen molar-refractivity contribution in [1.82, 2.24) is 0 Å². The van der Waals surface area contributed by atoms with E-state index in [1.165, 1.54) is 4.88 Å². The molecule has 0 aromatic carbocycles. The third kappa shape index (κ3) is 2.29. The molecule has 3 N–H and O–H groups in total. The predicted octanol–water partition coefficient (Wildman–Crippen LogP) is 2.20. The quantitative estimate of drug-likeness (QED) is 0.863. The SMILES string of the molecule is Cc1cc(Br)c(C(O)CCN)s1. The molecule has 1 unspecified atom stereocenters. The number of aliphatic hydroxyl groups is 1. The van der Waals surface area contributed by atoms with Crippen molar-refractivity contribution in [3.8, 4) is 0 Å². The summed E-state index contributed by atoms with van der Waals surface area (Å²) < 4.78 is 0.992. The Bertz CT molecular complexity index is 262. The molecule has 68 valence electrons. The lowest BCUT2D eigenvalue weighted by molar-refractivity contribution is 0.173. The number of halogens is 1. The molecule has 0 saturated carbocycles. The highest BCUT2D eigenvalue weighted by atomic mass is 79.9. The van der Waals surface area contributed by atoms with E-state index in [0.717, 1.165) is 9.35 Å². The molecule has 1 aromatic rings. The Balaban J connectivity index is 2.79. The van der Waals surface area contributed by atoms with E-state index in [1.807, 2.05) is 13.0 Å². The van der Waals surface area contributed by atoms with Crippen LogP contribution in [0.15, 0.2) is 10.5 Å². The van der Waals surface area contributed by atoms with Gasteiger partial charge in [-0.15, -0.1) is 11.3 Å². The third-order valence-electron chi connectivity index (χ3n) is 1.58. The van der Waals surface area contributed by atoms with Gasteiger partial charge in [-0.05, 0) is 41.9 Å². The number of aliphatic hydroxyl groups excluding tert-OH is 1. The lowest BCUT2D eigenvalue weighted by atomic mass is 10.2. The van der Waals surface area contributed by atoms with Crippen molar-refractivity contribution in [3.63, 3.8) is 0 Å². The van der Waals surface area contributed by atoms with Gasteiger partial charge < -0.3 is 10.8 Å². The zero-order chi connectivity index (χ0) is 9.14. The summed E-state index contributed by atoms with van der Waals surface area (Å²) in [5.41, 5.74) is 5.35. The van der Waals surface area contributed by atoms with Gasteiger partial charge in [0.15, 0.2) is 0 Å². The minimum atomic E-state index is -0.414. The van der Waals surface area contributed by atoms with Gasteiger partial charge in [0.2, 0.25) is 0 Å². The van der Waals surface area contributed by atoms with Crippen LogP contribution in [-0.2, 0) is 0 Å². The first-order valence-electron chi connectivity index (χ1n) is 3.79. The molecular formula is C8H12BrNOS. The molecule has 0 saturated heterocycles. The van der Waals surface area contributed by atoms with Crippen LogP contribution >= 0.6 is 27.3 Å². The van der Waals surface area contributed by atoms with E-state index < -0.39 is 6.10 Å². The monoisotopic (exact) mass is 249 g/mol. The van der Waals surface area contributed by atoms with Crippen LogP contribution in [0.5, 0.6) is 0 Å². The summed E-state index contributed by atoms with van der Waals surface area (Å²) in [6, 6.07) is 2.01. The Morgan fingerprint density at radius 2 is 2.42 bits per heavy atom. The fraction of sp³-hybridized carbons (Fsp3) is 0.500. The first-order chi connectivity index (χ1) is 5.65. The minimum Gasteiger partial charge on any atom is -0.387 e. The standard InChI is InChI=1S/C8H12BrNOS/c1-5-4-6(9)8(12-5)7(11)2-3-10/h4,7,11H,2-3,10H2,1H3. The summed E-state index contributed by atoms with van der Waals surface area (Å²) >= 11 is 5.01. The fourth-order valence-corrected chi connectivity index (χ4v) is 2.95. The zero-order valence-corrected chi connectivity index (χ0v) is 9.28. The average molecular weight is 250 g/mol. The molecule has 1 rings (SSSR count). The van der Waals surface area contributed by atoms with Crippen molar-refractivity contribution >= 4 is 27.3 Å². The minimum absolute atomic E-state index is 0.414. The second-order valence-electron chi connectivity index (χ2n) is 2.66. The first-order valence-corrected chi connectivity index (χ1v) is 5.40. The van der Waals surface area contributed by atoms with Gasteiger partial charge >= 0.3 is 0 Å². The molecule has 12 heavy (non-hydrogen) atoms. The van der Waals surface area contributed by atoms with Crippen LogP contribution < -0.4 is 5.73 Å². The average Bonchev–Trinajstić information content (AvgIpc) is 2.30. The molecule has 4 heteroatoms. The van der Waals surface area contributed by atoms with Crippen molar-refractivity contribution < 1.29 is 5.11 Å². The topological polar surface area (TPSA) is 46.2 Å². The Kier molecular flexibility index (Phi) is 3.71. The van der Waals surface area contributed by atoms with Crippen LogP contribution in [0, 0.1) is 6.92 Å². The van der Waals surface area contributed by atoms with Gasteiger partial charge in [0.25, 0.3) is 0 Å². The van der Waals surface area contributed by atoms with E-state index in [2.05, 4.69) is 15.9 Å². The molecule has 0 amide bonds. The molecule has 0 aliphatic rings. The smallest absolute Gasteiger partial charge is 0.0905 e. The summed E-state index contributed by atoms with van der Waals surface area (Å²) in [6.45, 7) is 2.54. The van der Waals surface area contributed by atoms with Crippen molar-refractivity contribution in [1.29, 1.82) is 0 Å². The Labute approximate surface area is 84.5 Å². The van der Waals surface area contributed by atoms with Crippen LogP contribution in [0.2, 0.25) is 0 Å². The summed E-state index contributed by atoms with van der Waals surface area (Å²) in [6.07, 6.45) is 0.210. The maximum absolute atomic E-state index is 9.62. The number of aryl methyl sites for hydroxylation is 1. The Hall–Kier alpha value is 0.1000. The van der Waals surface area contributed by atoms with E-state index in [0.29, 0.717) is 13.0 Å². The summed E-state index contributed by atoms with van der Waals surface area (Å²) in [4.78, 5) is 2.19. The number of rotatable bonds is 3. The molecule has 2 nitrogen and oxygen atoms in total. The number of thiophene rings is 1. The van der Waals surface area contributed by atoms with E-state index in [-0.39, 0.29) is 0 Å². The van der Waals surface area contributed by atoms with Gasteiger partial charge in [-0.3, -0.25) is 0 Å². The first kappa shape index (κ1) is 10.2. The highest BCUT2D eigenvalue weighted by Crippen LogP contribution is 2.33. The van der Waals surface area contributed by atoms with E-state index >= 15 is 0 Å². The molecular weight excluding hydrogens is 238 g/mol. The molecule has 1 atom stereocenters. The largest absolute Gasteiger partial charge is 0.387 e. The van der Waals surface area contributed by atoms with Crippen molar-refractivity contribution in [2.45, 2.75) is 19.4 Å². The van der Waals surface area contributed by atoms with Crippen molar-refractivity contribution in [2.75, 3.05) is 6.54 Å². The molecule has 1 aromatic heterocycles. The predicted molar refractivity (Wildman–Crippen MR) is 55.4 cm³/mol. The molecule has 0 fully saturated rings. The lowest BCUT2D eigenvalue weighted by Gasteiger charge is -2.06. The lowest BCUT2D eigenvalue weighted by Crippen LogP contribution is -2.05. The zero-order valence-electron chi connectivity index (χ0n) is 6.88. The van der Waals surface area contributed by atoms with Gasteiger partial charge in [0, 0.05) is 14.2 Å². The van der Waals surface area contributed by atoms with Crippen LogP contribution in [-0.4, -0.2) is 11.7 Å². The van der Waals surface area contributed by atoms with Crippen molar-refractivity contribution in [2.24, 2.45) is 5.73 Å². The van der Waals surface area contributed by atoms with Crippen LogP contribution in [0.1, 0.15) is 22.3 Å². The highest BCUT2D eigenvalue weighted by molar-refractivity contribution is 9.10. The number of hydrogen-bond donors (Lipinski definition) is 2. The van der Waals surface area contributed by atoms with E-state index in [1.54, 1.807) is 11.3 Å². The van der Waals surface area contributed by atoms with Crippen LogP contribution in [0.3, 0.4) is 0 Å². The Morgan fingerprint density at radius 1 is 1.75 bits per heavy atom. The van der Waals surface area contributed by atoms with Gasteiger partial charge in [0.05, 0.1) is 6.10 Å². The van der Waals surface area contributed by atoms with Crippen LogP contribution in [0.4, 0.5) is 0 Å². The Morgan fingerprint density at radius 3 is 2.83 bits per heavy atom. The second kappa shape index (κ2) is 4.37. The van der Waals surface area contributed by atoms with Gasteiger partial charge in [-0.2, -0.15) is 0 Å². The number of nitrogens with two attached hydrogens (primary N) is 1. The third-order valence-corrected chi connectivity index (χ3v) is 3.65. The second-order valence-corrected chi connectivity index (χ2v) is 4.80. The summed E-state index contributed by atoms with van der Waals surface area (Å²) in [5.74, 6) is 0. The van der Waals surface area contributed by atoms with Gasteiger partial charge in [-0.1, -0.05) is 0 Å². The van der Waals surface area contributed by atoms with Gasteiger partial charge in [-0.25, -0.2) is 0 Å². The number of hydrogen-bond acceptors (Lipinski definition) is 3. The summed E-state index contributed by atoms with van der Waals surface area (Å²) in [5, 5.41) is 9.62. The van der Waals surface area contributed by atoms with Crippen LogP contribution in [0.25, 0.3) is 0 Å². The molecule has 0 aliphatic heterocycles. The highest BCUT2D eigenvalue weighted by Gasteiger charge is 2.12. The maximum atomic E-state index is 9.62. The van der Waals surface area contributed by atoms with Gasteiger partial charge in [0.1, 0.15) is 0 Å². The molecule has 1 heterocycles. The van der Waals surface area contributed by atoms with E-state index in [4.69, 9.17) is 5.73 Å².